The lowest BCUT2D eigenvalue weighted by molar-refractivity contribution is 0.240. The lowest BCUT2D eigenvalue weighted by atomic mass is 9.77. The predicted molar refractivity (Wildman–Crippen MR) is 69.3 cm³/mol. The molecule has 0 aromatic carbocycles. The Bertz CT molecular complexity index is 724. The van der Waals surface area contributed by atoms with Gasteiger partial charge in [0.1, 0.15) is 11.5 Å². The number of nitrogens with one attached hydrogen (secondary N) is 1. The molecule has 0 aliphatic heterocycles. The minimum atomic E-state index is -0.331. The summed E-state index contributed by atoms with van der Waals surface area (Å²) < 4.78 is 10.4. The zero-order valence-corrected chi connectivity index (χ0v) is 10.7. The van der Waals surface area contributed by atoms with Crippen LogP contribution in [0.15, 0.2) is 33.5 Å². The molecule has 3 N–H and O–H groups in total. The Morgan fingerprint density at radius 2 is 2.25 bits per heavy atom. The molecule has 0 bridgehead atoms. The second-order valence-corrected chi connectivity index (χ2v) is 5.06. The number of imidazole rings is 1. The number of aromatic nitrogens is 4. The van der Waals surface area contributed by atoms with Gasteiger partial charge in [-0.1, -0.05) is 5.16 Å². The molecule has 4 rings (SSSR count). The van der Waals surface area contributed by atoms with Crippen LogP contribution >= 0.6 is 0 Å². The fraction of sp³-hybridized carbons (Fsp3) is 0.308. The number of hydrogen-bond acceptors (Lipinski definition) is 6. The van der Waals surface area contributed by atoms with E-state index in [1.54, 1.807) is 24.6 Å². The summed E-state index contributed by atoms with van der Waals surface area (Å²) in [5, 5.41) is 3.88. The van der Waals surface area contributed by atoms with Crippen LogP contribution in [0, 0.1) is 0 Å². The third kappa shape index (κ3) is 1.67. The van der Waals surface area contributed by atoms with Gasteiger partial charge < -0.3 is 19.7 Å². The van der Waals surface area contributed by atoms with Crippen LogP contribution in [0.25, 0.3) is 23.2 Å². The zero-order valence-electron chi connectivity index (χ0n) is 10.7. The first-order chi connectivity index (χ1) is 9.74. The van der Waals surface area contributed by atoms with Gasteiger partial charge in [0.25, 0.3) is 5.89 Å². The van der Waals surface area contributed by atoms with Crippen LogP contribution in [-0.2, 0) is 5.54 Å². The maximum atomic E-state index is 6.22. The van der Waals surface area contributed by atoms with Crippen molar-refractivity contribution < 1.29 is 8.94 Å². The first kappa shape index (κ1) is 11.4. The lowest BCUT2D eigenvalue weighted by Gasteiger charge is -2.35. The van der Waals surface area contributed by atoms with Gasteiger partial charge >= 0.3 is 0 Å². The molecule has 7 nitrogen and oxygen atoms in total. The molecule has 0 unspecified atom stereocenters. The highest BCUT2D eigenvalue weighted by molar-refractivity contribution is 5.52. The van der Waals surface area contributed by atoms with E-state index in [0.29, 0.717) is 23.2 Å². The summed E-state index contributed by atoms with van der Waals surface area (Å²) in [5.41, 5.74) is 6.56. The number of nitrogens with zero attached hydrogens (tertiary/aromatic N) is 3. The fourth-order valence-corrected chi connectivity index (χ4v) is 2.32. The average molecular weight is 271 g/mol. The van der Waals surface area contributed by atoms with Crippen molar-refractivity contribution in [2.24, 2.45) is 5.73 Å². The molecule has 1 aliphatic rings. The highest BCUT2D eigenvalue weighted by Crippen LogP contribution is 2.37. The Kier molecular flexibility index (Phi) is 2.31. The van der Waals surface area contributed by atoms with Gasteiger partial charge in [0.05, 0.1) is 18.0 Å². The number of nitrogens with two attached hydrogens (primary N) is 1. The summed E-state index contributed by atoms with van der Waals surface area (Å²) in [5.74, 6) is 2.12. The Hall–Kier alpha value is -2.41. The molecule has 7 heteroatoms. The first-order valence-corrected chi connectivity index (χ1v) is 6.47. The van der Waals surface area contributed by atoms with Gasteiger partial charge in [0, 0.05) is 0 Å². The summed E-state index contributed by atoms with van der Waals surface area (Å²) in [4.78, 5) is 11.8. The molecule has 1 fully saturated rings. The van der Waals surface area contributed by atoms with E-state index in [4.69, 9.17) is 14.7 Å². The van der Waals surface area contributed by atoms with Gasteiger partial charge in [-0.15, -0.1) is 0 Å². The highest BCUT2D eigenvalue weighted by atomic mass is 16.5. The Morgan fingerprint density at radius 1 is 1.35 bits per heavy atom. The predicted octanol–water partition coefficient (Wildman–Crippen LogP) is 2.06. The van der Waals surface area contributed by atoms with Crippen LogP contribution in [-0.4, -0.2) is 20.1 Å². The normalized spacial score (nSPS) is 17.1. The molecule has 3 aromatic rings. The fourth-order valence-electron chi connectivity index (χ4n) is 2.32. The zero-order chi connectivity index (χ0) is 13.6. The van der Waals surface area contributed by atoms with Gasteiger partial charge in [-0.3, -0.25) is 0 Å². The minimum Gasteiger partial charge on any atom is -0.461 e. The Labute approximate surface area is 114 Å². The third-order valence-corrected chi connectivity index (χ3v) is 3.69. The number of furan rings is 1. The number of rotatable bonds is 3. The number of H-pyrrole nitrogens is 1. The van der Waals surface area contributed by atoms with E-state index in [-0.39, 0.29) is 5.54 Å². The maximum absolute atomic E-state index is 6.22. The van der Waals surface area contributed by atoms with Crippen molar-refractivity contribution in [3.63, 3.8) is 0 Å². The van der Waals surface area contributed by atoms with Crippen LogP contribution < -0.4 is 5.73 Å². The van der Waals surface area contributed by atoms with Crippen molar-refractivity contribution in [1.29, 1.82) is 0 Å². The van der Waals surface area contributed by atoms with E-state index in [1.165, 1.54) is 0 Å². The van der Waals surface area contributed by atoms with Crippen LogP contribution in [0.1, 0.15) is 25.1 Å². The lowest BCUT2D eigenvalue weighted by Crippen LogP contribution is -2.44. The molecule has 0 saturated heterocycles. The first-order valence-electron chi connectivity index (χ1n) is 6.47. The summed E-state index contributed by atoms with van der Waals surface area (Å²) in [7, 11) is 0. The maximum Gasteiger partial charge on any atom is 0.276 e. The van der Waals surface area contributed by atoms with Crippen LogP contribution in [0.5, 0.6) is 0 Å². The molecule has 1 saturated carbocycles. The second-order valence-electron chi connectivity index (χ2n) is 5.06. The van der Waals surface area contributed by atoms with Crippen LogP contribution in [0.4, 0.5) is 0 Å². The number of aromatic amines is 1. The van der Waals surface area contributed by atoms with E-state index in [1.807, 2.05) is 0 Å². The average Bonchev–Trinajstić information content (AvgIpc) is 3.13. The topological polar surface area (TPSA) is 107 Å². The molecule has 102 valence electrons. The van der Waals surface area contributed by atoms with Gasteiger partial charge in [-0.25, -0.2) is 4.98 Å². The smallest absolute Gasteiger partial charge is 0.276 e. The van der Waals surface area contributed by atoms with E-state index < -0.39 is 0 Å². The highest BCUT2D eigenvalue weighted by Gasteiger charge is 2.37. The molecule has 20 heavy (non-hydrogen) atoms. The number of hydrogen-bond donors (Lipinski definition) is 2. The molecule has 0 radical (unpaired) electrons. The summed E-state index contributed by atoms with van der Waals surface area (Å²) in [6.45, 7) is 0. The van der Waals surface area contributed by atoms with E-state index in [2.05, 4.69) is 20.1 Å². The Morgan fingerprint density at radius 3 is 2.95 bits per heavy atom. The van der Waals surface area contributed by atoms with Crippen molar-refractivity contribution in [2.75, 3.05) is 0 Å². The van der Waals surface area contributed by atoms with Gasteiger partial charge in [-0.05, 0) is 31.4 Å². The summed E-state index contributed by atoms with van der Waals surface area (Å²) in [6.07, 6.45) is 6.26. The van der Waals surface area contributed by atoms with Crippen molar-refractivity contribution >= 4 is 0 Å². The van der Waals surface area contributed by atoms with Crippen molar-refractivity contribution in [3.8, 4) is 23.2 Å². The van der Waals surface area contributed by atoms with Gasteiger partial charge in [0.15, 0.2) is 5.76 Å². The third-order valence-electron chi connectivity index (χ3n) is 3.69. The van der Waals surface area contributed by atoms with E-state index in [9.17, 15) is 0 Å². The molecular formula is C13H13N5O2. The molecule has 1 aliphatic carbocycles. The van der Waals surface area contributed by atoms with Crippen LogP contribution in [0.3, 0.4) is 0 Å². The molecule has 0 spiro atoms. The quantitative estimate of drug-likeness (QED) is 0.755. The minimum absolute atomic E-state index is 0.331. The van der Waals surface area contributed by atoms with E-state index >= 15 is 0 Å². The second kappa shape index (κ2) is 4.04. The monoisotopic (exact) mass is 271 g/mol. The molecule has 3 aromatic heterocycles. The van der Waals surface area contributed by atoms with Crippen molar-refractivity contribution in [1.82, 2.24) is 20.1 Å². The molecule has 3 heterocycles. The van der Waals surface area contributed by atoms with Crippen molar-refractivity contribution in [2.45, 2.75) is 24.8 Å². The van der Waals surface area contributed by atoms with E-state index in [0.717, 1.165) is 25.1 Å². The van der Waals surface area contributed by atoms with Gasteiger partial charge in [-0.2, -0.15) is 4.98 Å². The van der Waals surface area contributed by atoms with Crippen LogP contribution in [0.2, 0.25) is 0 Å². The largest absolute Gasteiger partial charge is 0.461 e. The summed E-state index contributed by atoms with van der Waals surface area (Å²) >= 11 is 0. The molecular weight excluding hydrogens is 258 g/mol. The standard InChI is InChI=1S/C13H13N5O2/c14-13(4-2-5-13)12-15-7-8(16-12)11-17-10(18-20-11)9-3-1-6-19-9/h1,3,6-7H,2,4-5,14H2,(H,15,16). The Balaban J connectivity index is 1.65. The molecule has 0 amide bonds. The van der Waals surface area contributed by atoms with Gasteiger partial charge in [0.2, 0.25) is 5.82 Å². The summed E-state index contributed by atoms with van der Waals surface area (Å²) in [6, 6.07) is 3.55. The molecule has 0 atom stereocenters. The van der Waals surface area contributed by atoms with Crippen molar-refractivity contribution in [3.05, 3.63) is 30.4 Å². The SMILES string of the molecule is NC1(c2ncc(-c3nc(-c4ccco4)no3)[nH]2)CCC1.